The lowest BCUT2D eigenvalue weighted by atomic mass is 10.1. The van der Waals surface area contributed by atoms with Crippen LogP contribution in [0.15, 0.2) is 18.2 Å². The van der Waals surface area contributed by atoms with E-state index < -0.39 is 11.7 Å². The van der Waals surface area contributed by atoms with Crippen molar-refractivity contribution in [1.82, 2.24) is 4.90 Å². The Hall–Kier alpha value is -1.62. The number of nitrogen functional groups attached to an aromatic ring is 1. The number of rotatable bonds is 5. The number of carbonyl (C=O) groups is 1. The first-order valence-corrected chi connectivity index (χ1v) is 5.55. The molecule has 0 aromatic heterocycles. The number of aliphatic hydroxyl groups is 1. The lowest BCUT2D eigenvalue weighted by Crippen LogP contribution is -2.34. The molecule has 3 N–H and O–H groups in total. The molecule has 0 bridgehead atoms. The van der Waals surface area contributed by atoms with Crippen molar-refractivity contribution in [2.75, 3.05) is 25.4 Å². The predicted molar refractivity (Wildman–Crippen MR) is 64.1 cm³/mol. The Morgan fingerprint density at radius 1 is 1.47 bits per heavy atom. The lowest BCUT2D eigenvalue weighted by molar-refractivity contribution is 0.0717. The van der Waals surface area contributed by atoms with Gasteiger partial charge < -0.3 is 15.7 Å². The van der Waals surface area contributed by atoms with Gasteiger partial charge in [0, 0.05) is 18.8 Å². The molecule has 0 saturated heterocycles. The van der Waals surface area contributed by atoms with Crippen LogP contribution in [0.25, 0.3) is 0 Å². The van der Waals surface area contributed by atoms with E-state index in [2.05, 4.69) is 0 Å². The summed E-state index contributed by atoms with van der Waals surface area (Å²) in [5.41, 5.74) is 5.82. The van der Waals surface area contributed by atoms with Crippen molar-refractivity contribution in [1.29, 1.82) is 0 Å². The van der Waals surface area contributed by atoms with Crippen LogP contribution in [-0.4, -0.2) is 35.6 Å². The average Bonchev–Trinajstić information content (AvgIpc) is 2.31. The molecule has 17 heavy (non-hydrogen) atoms. The standard InChI is InChI=1S/C12H17FN2O2/c1-2-5-15(6-7-16)12(17)10-8-9(14)3-4-11(10)13/h3-4,8,16H,2,5-7,14H2,1H3. The Labute approximate surface area is 99.8 Å². The van der Waals surface area contributed by atoms with Crippen molar-refractivity contribution in [2.45, 2.75) is 13.3 Å². The predicted octanol–water partition coefficient (Wildman–Crippen LogP) is 1.25. The first-order chi connectivity index (χ1) is 8.10. The molecule has 1 rings (SSSR count). The minimum absolute atomic E-state index is 0.0492. The van der Waals surface area contributed by atoms with Gasteiger partial charge in [0.05, 0.1) is 12.2 Å². The SMILES string of the molecule is CCCN(CCO)C(=O)c1cc(N)ccc1F. The minimum atomic E-state index is -0.594. The number of halogens is 1. The number of anilines is 1. The number of nitrogens with zero attached hydrogens (tertiary/aromatic N) is 1. The van der Waals surface area contributed by atoms with Gasteiger partial charge in [-0.1, -0.05) is 6.92 Å². The fourth-order valence-corrected chi connectivity index (χ4v) is 1.58. The third-order valence-corrected chi connectivity index (χ3v) is 2.37. The molecule has 0 aliphatic rings. The van der Waals surface area contributed by atoms with Gasteiger partial charge in [0.1, 0.15) is 5.82 Å². The molecule has 0 saturated carbocycles. The zero-order valence-electron chi connectivity index (χ0n) is 9.82. The highest BCUT2D eigenvalue weighted by Gasteiger charge is 2.18. The van der Waals surface area contributed by atoms with Crippen molar-refractivity contribution in [3.05, 3.63) is 29.6 Å². The smallest absolute Gasteiger partial charge is 0.256 e. The molecule has 5 heteroatoms. The van der Waals surface area contributed by atoms with Crippen LogP contribution in [0.4, 0.5) is 10.1 Å². The van der Waals surface area contributed by atoms with Gasteiger partial charge in [0.2, 0.25) is 0 Å². The fourth-order valence-electron chi connectivity index (χ4n) is 1.58. The van der Waals surface area contributed by atoms with E-state index in [-0.39, 0.29) is 18.7 Å². The lowest BCUT2D eigenvalue weighted by Gasteiger charge is -2.21. The zero-order chi connectivity index (χ0) is 12.8. The summed E-state index contributed by atoms with van der Waals surface area (Å²) in [6.07, 6.45) is 0.746. The second kappa shape index (κ2) is 6.20. The van der Waals surface area contributed by atoms with E-state index in [0.717, 1.165) is 6.42 Å². The van der Waals surface area contributed by atoms with E-state index in [1.54, 1.807) is 0 Å². The van der Waals surface area contributed by atoms with Crippen LogP contribution >= 0.6 is 0 Å². The number of hydrogen-bond acceptors (Lipinski definition) is 3. The molecule has 0 aliphatic carbocycles. The van der Waals surface area contributed by atoms with E-state index in [4.69, 9.17) is 10.8 Å². The maximum Gasteiger partial charge on any atom is 0.256 e. The van der Waals surface area contributed by atoms with Gasteiger partial charge in [-0.15, -0.1) is 0 Å². The molecule has 4 nitrogen and oxygen atoms in total. The summed E-state index contributed by atoms with van der Waals surface area (Å²) >= 11 is 0. The largest absolute Gasteiger partial charge is 0.399 e. The van der Waals surface area contributed by atoms with Gasteiger partial charge in [0.25, 0.3) is 5.91 Å². The molecule has 0 radical (unpaired) electrons. The Balaban J connectivity index is 2.95. The number of carbonyl (C=O) groups excluding carboxylic acids is 1. The van der Waals surface area contributed by atoms with Crippen molar-refractivity contribution in [3.63, 3.8) is 0 Å². The second-order valence-electron chi connectivity index (χ2n) is 3.76. The maximum absolute atomic E-state index is 13.5. The van der Waals surface area contributed by atoms with Gasteiger partial charge in [-0.25, -0.2) is 4.39 Å². The van der Waals surface area contributed by atoms with Gasteiger partial charge in [-0.3, -0.25) is 4.79 Å². The Bertz CT molecular complexity index is 390. The molecule has 1 amide bonds. The highest BCUT2D eigenvalue weighted by molar-refractivity contribution is 5.95. The van der Waals surface area contributed by atoms with Gasteiger partial charge in [-0.05, 0) is 24.6 Å². The summed E-state index contributed by atoms with van der Waals surface area (Å²) in [5, 5.41) is 8.87. The van der Waals surface area contributed by atoms with Crippen molar-refractivity contribution < 1.29 is 14.3 Å². The summed E-state index contributed by atoms with van der Waals surface area (Å²) in [4.78, 5) is 13.4. The quantitative estimate of drug-likeness (QED) is 0.761. The van der Waals surface area contributed by atoms with Crippen molar-refractivity contribution in [2.24, 2.45) is 0 Å². The summed E-state index contributed by atoms with van der Waals surface area (Å²) < 4.78 is 13.5. The maximum atomic E-state index is 13.5. The molecule has 0 heterocycles. The van der Waals surface area contributed by atoms with Gasteiger partial charge >= 0.3 is 0 Å². The number of amides is 1. The normalized spacial score (nSPS) is 10.3. The Morgan fingerprint density at radius 3 is 2.76 bits per heavy atom. The van der Waals surface area contributed by atoms with Crippen LogP contribution in [0.3, 0.4) is 0 Å². The zero-order valence-corrected chi connectivity index (χ0v) is 9.82. The minimum Gasteiger partial charge on any atom is -0.399 e. The summed E-state index contributed by atoms with van der Waals surface area (Å²) in [6.45, 7) is 2.44. The Kier molecular flexibility index (Phi) is 4.90. The number of nitrogens with two attached hydrogens (primary N) is 1. The van der Waals surface area contributed by atoms with Crippen molar-refractivity contribution >= 4 is 11.6 Å². The van der Waals surface area contributed by atoms with E-state index in [1.165, 1.54) is 23.1 Å². The molecule has 1 aromatic carbocycles. The number of benzene rings is 1. The van der Waals surface area contributed by atoms with Gasteiger partial charge in [-0.2, -0.15) is 0 Å². The highest BCUT2D eigenvalue weighted by atomic mass is 19.1. The number of hydrogen-bond donors (Lipinski definition) is 2. The van der Waals surface area contributed by atoms with E-state index >= 15 is 0 Å². The summed E-state index contributed by atoms with van der Waals surface area (Å²) in [5.74, 6) is -1.03. The van der Waals surface area contributed by atoms with Crippen LogP contribution in [0, 0.1) is 5.82 Å². The van der Waals surface area contributed by atoms with Crippen LogP contribution in [0.5, 0.6) is 0 Å². The van der Waals surface area contributed by atoms with Crippen LogP contribution in [0.1, 0.15) is 23.7 Å². The highest BCUT2D eigenvalue weighted by Crippen LogP contribution is 2.14. The molecule has 0 fully saturated rings. The molecule has 0 aliphatic heterocycles. The van der Waals surface area contributed by atoms with E-state index in [1.807, 2.05) is 6.92 Å². The third kappa shape index (κ3) is 3.42. The van der Waals surface area contributed by atoms with Crippen LogP contribution < -0.4 is 5.73 Å². The molecule has 0 spiro atoms. The first kappa shape index (κ1) is 13.4. The molecule has 0 atom stereocenters. The average molecular weight is 240 g/mol. The van der Waals surface area contributed by atoms with Crippen LogP contribution in [0.2, 0.25) is 0 Å². The Morgan fingerprint density at radius 2 is 2.18 bits per heavy atom. The molecular weight excluding hydrogens is 223 g/mol. The van der Waals surface area contributed by atoms with Crippen molar-refractivity contribution in [3.8, 4) is 0 Å². The molecule has 1 aromatic rings. The topological polar surface area (TPSA) is 66.6 Å². The van der Waals surface area contributed by atoms with Crippen LogP contribution in [-0.2, 0) is 0 Å². The molecular formula is C12H17FN2O2. The first-order valence-electron chi connectivity index (χ1n) is 5.55. The third-order valence-electron chi connectivity index (χ3n) is 2.37. The summed E-state index contributed by atoms with van der Waals surface area (Å²) in [6, 6.07) is 3.89. The van der Waals surface area contributed by atoms with E-state index in [0.29, 0.717) is 12.2 Å². The summed E-state index contributed by atoms with van der Waals surface area (Å²) in [7, 11) is 0. The molecule has 94 valence electrons. The number of aliphatic hydroxyl groups excluding tert-OH is 1. The second-order valence-corrected chi connectivity index (χ2v) is 3.76. The monoisotopic (exact) mass is 240 g/mol. The molecule has 0 unspecified atom stereocenters. The van der Waals surface area contributed by atoms with E-state index in [9.17, 15) is 9.18 Å². The van der Waals surface area contributed by atoms with Gasteiger partial charge in [0.15, 0.2) is 0 Å². The fraction of sp³-hybridized carbons (Fsp3) is 0.417.